The maximum atomic E-state index is 5.98. The number of hydrogen-bond donors (Lipinski definition) is 2. The first kappa shape index (κ1) is 16.9. The van der Waals surface area contributed by atoms with Crippen LogP contribution in [-0.4, -0.2) is 21.8 Å². The first-order valence-electron chi connectivity index (χ1n) is 8.76. The molecule has 0 saturated carbocycles. The van der Waals surface area contributed by atoms with E-state index in [1.807, 2.05) is 60.7 Å². The summed E-state index contributed by atoms with van der Waals surface area (Å²) in [6, 6.07) is 19.6. The molecule has 2 heterocycles. The molecule has 0 unspecified atom stereocenters. The molecule has 0 amide bonds. The molecule has 3 N–H and O–H groups in total. The van der Waals surface area contributed by atoms with Crippen LogP contribution in [-0.2, 0) is 13.0 Å². The zero-order chi connectivity index (χ0) is 18.5. The molecule has 4 aromatic rings. The van der Waals surface area contributed by atoms with E-state index in [4.69, 9.17) is 15.2 Å². The number of aromatic nitrogens is 3. The van der Waals surface area contributed by atoms with Crippen LogP contribution < -0.4 is 15.2 Å². The molecule has 6 heteroatoms. The molecule has 0 aliphatic carbocycles. The van der Waals surface area contributed by atoms with Gasteiger partial charge in [0.15, 0.2) is 5.82 Å². The maximum absolute atomic E-state index is 5.98. The number of hydrogen-bond acceptors (Lipinski definition) is 5. The van der Waals surface area contributed by atoms with E-state index in [2.05, 4.69) is 15.2 Å². The van der Waals surface area contributed by atoms with Crippen molar-refractivity contribution >= 4 is 16.7 Å². The summed E-state index contributed by atoms with van der Waals surface area (Å²) in [6.07, 6.45) is 2.49. The molecule has 2 aromatic heterocycles. The summed E-state index contributed by atoms with van der Waals surface area (Å²) >= 11 is 0. The highest BCUT2D eigenvalue weighted by molar-refractivity contribution is 5.94. The Bertz CT molecular complexity index is 1020. The Morgan fingerprint density at radius 3 is 2.63 bits per heavy atom. The van der Waals surface area contributed by atoms with Crippen LogP contribution in [0.25, 0.3) is 10.9 Å². The summed E-state index contributed by atoms with van der Waals surface area (Å²) in [4.78, 5) is 4.31. The number of anilines is 1. The van der Waals surface area contributed by atoms with E-state index >= 15 is 0 Å². The maximum Gasteiger partial charge on any atom is 0.153 e. The van der Waals surface area contributed by atoms with Gasteiger partial charge in [0.05, 0.1) is 12.0 Å². The van der Waals surface area contributed by atoms with Crippen LogP contribution in [0.4, 0.5) is 5.82 Å². The summed E-state index contributed by atoms with van der Waals surface area (Å²) in [6.45, 7) is 0.963. The van der Waals surface area contributed by atoms with E-state index in [0.717, 1.165) is 22.2 Å². The minimum Gasteiger partial charge on any atom is -0.491 e. The van der Waals surface area contributed by atoms with Gasteiger partial charge in [0.1, 0.15) is 23.6 Å². The lowest BCUT2D eigenvalue weighted by Gasteiger charge is -2.11. The molecule has 0 fully saturated rings. The number of pyridine rings is 1. The van der Waals surface area contributed by atoms with Crippen LogP contribution in [0.15, 0.2) is 66.9 Å². The fourth-order valence-corrected chi connectivity index (χ4v) is 2.83. The molecular formula is C21H20N4O2. The number of aromatic amines is 1. The average Bonchev–Trinajstić information content (AvgIpc) is 3.09. The lowest BCUT2D eigenvalue weighted by molar-refractivity contribution is 0.297. The van der Waals surface area contributed by atoms with Crippen LogP contribution in [0.5, 0.6) is 11.5 Å². The summed E-state index contributed by atoms with van der Waals surface area (Å²) in [5.74, 6) is 1.77. The smallest absolute Gasteiger partial charge is 0.153 e. The van der Waals surface area contributed by atoms with Crippen molar-refractivity contribution in [2.24, 2.45) is 0 Å². The van der Waals surface area contributed by atoms with Gasteiger partial charge in [0, 0.05) is 24.4 Å². The topological polar surface area (TPSA) is 86.0 Å². The number of nitrogen functional groups attached to an aromatic ring is 1. The van der Waals surface area contributed by atoms with Gasteiger partial charge in [-0.15, -0.1) is 0 Å². The van der Waals surface area contributed by atoms with E-state index in [0.29, 0.717) is 37.0 Å². The molecule has 0 aliphatic heterocycles. The second-order valence-corrected chi connectivity index (χ2v) is 6.15. The lowest BCUT2D eigenvalue weighted by Crippen LogP contribution is -2.03. The molecule has 27 heavy (non-hydrogen) atoms. The first-order chi connectivity index (χ1) is 13.3. The molecule has 0 atom stereocenters. The van der Waals surface area contributed by atoms with E-state index in [9.17, 15) is 0 Å². The third-order valence-electron chi connectivity index (χ3n) is 4.23. The van der Waals surface area contributed by atoms with Gasteiger partial charge in [-0.2, -0.15) is 5.10 Å². The Balaban J connectivity index is 1.51. The number of fused-ring (bicyclic) bond motifs is 1. The number of ether oxygens (including phenoxy) is 2. The Kier molecular flexibility index (Phi) is 4.87. The average molecular weight is 360 g/mol. The van der Waals surface area contributed by atoms with Gasteiger partial charge in [-0.05, 0) is 23.8 Å². The Hall–Kier alpha value is -3.54. The van der Waals surface area contributed by atoms with Crippen LogP contribution in [0.1, 0.15) is 11.3 Å². The zero-order valence-corrected chi connectivity index (χ0v) is 14.8. The quantitative estimate of drug-likeness (QED) is 0.524. The Morgan fingerprint density at radius 1 is 0.963 bits per heavy atom. The highest BCUT2D eigenvalue weighted by atomic mass is 16.5. The largest absolute Gasteiger partial charge is 0.491 e. The fourth-order valence-electron chi connectivity index (χ4n) is 2.83. The van der Waals surface area contributed by atoms with E-state index in [1.165, 1.54) is 0 Å². The second-order valence-electron chi connectivity index (χ2n) is 6.15. The summed E-state index contributed by atoms with van der Waals surface area (Å²) < 4.78 is 11.9. The Labute approximate surface area is 157 Å². The lowest BCUT2D eigenvalue weighted by atomic mass is 10.2. The van der Waals surface area contributed by atoms with Crippen molar-refractivity contribution < 1.29 is 9.47 Å². The number of H-pyrrole nitrogens is 1. The van der Waals surface area contributed by atoms with Crippen molar-refractivity contribution in [1.29, 1.82) is 0 Å². The predicted molar refractivity (Wildman–Crippen MR) is 105 cm³/mol. The van der Waals surface area contributed by atoms with Gasteiger partial charge in [-0.25, -0.2) is 0 Å². The first-order valence-corrected chi connectivity index (χ1v) is 8.76. The number of rotatable bonds is 7. The molecule has 4 rings (SSSR count). The molecule has 0 radical (unpaired) electrons. The molecule has 0 saturated heterocycles. The van der Waals surface area contributed by atoms with Gasteiger partial charge < -0.3 is 15.2 Å². The third kappa shape index (κ3) is 4.00. The standard InChI is InChI=1S/C21H20N4O2/c22-21-18-12-17(27-14-15-6-2-1-3-7-15)13-19(20(18)24-25-21)26-11-9-16-8-4-5-10-23-16/h1-8,10,12-13H,9,11,14H2,(H3,22,24,25). The van der Waals surface area contributed by atoms with Crippen molar-refractivity contribution in [3.63, 3.8) is 0 Å². The summed E-state index contributed by atoms with van der Waals surface area (Å²) in [5, 5.41) is 7.81. The van der Waals surface area contributed by atoms with Crippen LogP contribution in [0, 0.1) is 0 Å². The minimum atomic E-state index is 0.421. The zero-order valence-electron chi connectivity index (χ0n) is 14.8. The van der Waals surface area contributed by atoms with E-state index in [1.54, 1.807) is 6.20 Å². The predicted octanol–water partition coefficient (Wildman–Crippen LogP) is 3.74. The third-order valence-corrected chi connectivity index (χ3v) is 4.23. The van der Waals surface area contributed by atoms with Crippen LogP contribution in [0.2, 0.25) is 0 Å². The second kappa shape index (κ2) is 7.78. The number of nitrogens with zero attached hydrogens (tertiary/aromatic N) is 2. The monoisotopic (exact) mass is 360 g/mol. The van der Waals surface area contributed by atoms with Gasteiger partial charge in [0.2, 0.25) is 0 Å². The van der Waals surface area contributed by atoms with Crippen LogP contribution in [0.3, 0.4) is 0 Å². The molecule has 2 aromatic carbocycles. The van der Waals surface area contributed by atoms with Crippen molar-refractivity contribution in [2.45, 2.75) is 13.0 Å². The van der Waals surface area contributed by atoms with Gasteiger partial charge >= 0.3 is 0 Å². The Morgan fingerprint density at radius 2 is 1.81 bits per heavy atom. The molecule has 6 nitrogen and oxygen atoms in total. The molecule has 0 aliphatic rings. The van der Waals surface area contributed by atoms with Gasteiger partial charge in [0.25, 0.3) is 0 Å². The van der Waals surface area contributed by atoms with Gasteiger partial charge in [-0.3, -0.25) is 10.1 Å². The summed E-state index contributed by atoms with van der Waals surface area (Å²) in [7, 11) is 0. The van der Waals surface area contributed by atoms with Crippen molar-refractivity contribution in [2.75, 3.05) is 12.3 Å². The number of nitrogens with one attached hydrogen (secondary N) is 1. The number of benzene rings is 2. The molecule has 136 valence electrons. The number of nitrogens with two attached hydrogens (primary N) is 1. The molecular weight excluding hydrogens is 340 g/mol. The van der Waals surface area contributed by atoms with Gasteiger partial charge in [-0.1, -0.05) is 36.4 Å². The van der Waals surface area contributed by atoms with Crippen molar-refractivity contribution in [1.82, 2.24) is 15.2 Å². The molecule has 0 bridgehead atoms. The van der Waals surface area contributed by atoms with E-state index < -0.39 is 0 Å². The van der Waals surface area contributed by atoms with E-state index in [-0.39, 0.29) is 0 Å². The van der Waals surface area contributed by atoms with Crippen LogP contribution >= 0.6 is 0 Å². The van der Waals surface area contributed by atoms with Crippen molar-refractivity contribution in [3.05, 3.63) is 78.1 Å². The normalized spacial score (nSPS) is 10.8. The minimum absolute atomic E-state index is 0.421. The highest BCUT2D eigenvalue weighted by Gasteiger charge is 2.12. The van der Waals surface area contributed by atoms with Crippen molar-refractivity contribution in [3.8, 4) is 11.5 Å². The fraction of sp³-hybridized carbons (Fsp3) is 0.143. The SMILES string of the molecule is Nc1n[nH]c2c(OCCc3ccccn3)cc(OCc3ccccc3)cc12. The molecule has 0 spiro atoms. The highest BCUT2D eigenvalue weighted by Crippen LogP contribution is 2.33. The summed E-state index contributed by atoms with van der Waals surface area (Å²) in [5.41, 5.74) is 8.82.